The zero-order valence-corrected chi connectivity index (χ0v) is 9.70. The van der Waals surface area contributed by atoms with Crippen molar-refractivity contribution in [3.05, 3.63) is 30.4 Å². The number of primary amides is 1. The summed E-state index contributed by atoms with van der Waals surface area (Å²) in [6, 6.07) is 1.48. The first-order valence-corrected chi connectivity index (χ1v) is 6.40. The molecule has 1 aromatic rings. The Morgan fingerprint density at radius 3 is 2.75 bits per heavy atom. The van der Waals surface area contributed by atoms with Crippen molar-refractivity contribution in [2.75, 3.05) is 5.75 Å². The summed E-state index contributed by atoms with van der Waals surface area (Å²) in [7, 11) is -3.26. The number of carbonyl (C=O) groups excluding carboxylic acids is 1. The van der Waals surface area contributed by atoms with E-state index in [1.54, 1.807) is 13.3 Å². The van der Waals surface area contributed by atoms with E-state index < -0.39 is 15.7 Å². The van der Waals surface area contributed by atoms with Crippen LogP contribution in [0, 0.1) is 6.42 Å². The molecule has 0 aliphatic heterocycles. The molecule has 0 spiro atoms. The molecular weight excluding hydrogens is 228 g/mol. The third-order valence-corrected chi connectivity index (χ3v) is 3.71. The van der Waals surface area contributed by atoms with Crippen molar-refractivity contribution in [2.45, 2.75) is 18.2 Å². The summed E-state index contributed by atoms with van der Waals surface area (Å²) in [5.74, 6) is -0.447. The first-order valence-electron chi connectivity index (χ1n) is 4.75. The first kappa shape index (κ1) is 12.6. The van der Waals surface area contributed by atoms with Crippen LogP contribution in [0.15, 0.2) is 23.4 Å². The van der Waals surface area contributed by atoms with E-state index in [9.17, 15) is 13.2 Å². The quantitative estimate of drug-likeness (QED) is 0.803. The molecule has 1 heterocycles. The minimum atomic E-state index is -3.26. The topological polar surface area (TPSA) is 90.1 Å². The van der Waals surface area contributed by atoms with Gasteiger partial charge in [0, 0.05) is 25.2 Å². The van der Waals surface area contributed by atoms with Crippen molar-refractivity contribution in [3.63, 3.8) is 0 Å². The van der Waals surface area contributed by atoms with E-state index in [1.165, 1.54) is 18.5 Å². The lowest BCUT2D eigenvalue weighted by Crippen LogP contribution is -2.10. The van der Waals surface area contributed by atoms with Gasteiger partial charge in [-0.3, -0.25) is 9.78 Å². The van der Waals surface area contributed by atoms with Gasteiger partial charge in [-0.05, 0) is 11.6 Å². The normalized spacial score (nSPS) is 11.3. The zero-order valence-electron chi connectivity index (χ0n) is 8.88. The highest BCUT2D eigenvalue weighted by molar-refractivity contribution is 7.91. The summed E-state index contributed by atoms with van der Waals surface area (Å²) < 4.78 is 23.1. The highest BCUT2D eigenvalue weighted by atomic mass is 32.2. The van der Waals surface area contributed by atoms with E-state index >= 15 is 0 Å². The Balaban J connectivity index is 2.91. The maximum Gasteiger partial charge on any atom is 0.218 e. The lowest BCUT2D eigenvalue weighted by atomic mass is 10.1. The number of pyridine rings is 1. The second kappa shape index (κ2) is 5.07. The molecule has 0 bridgehead atoms. The SMILES string of the molecule is CCS(=O)(=O)c1cncc([CH]CC(N)=O)c1. The van der Waals surface area contributed by atoms with Crippen LogP contribution in [0.3, 0.4) is 0 Å². The molecule has 0 fully saturated rings. The molecule has 1 rings (SSSR count). The van der Waals surface area contributed by atoms with Gasteiger partial charge in [-0.1, -0.05) is 6.92 Å². The Kier molecular flexibility index (Phi) is 4.00. The maximum absolute atomic E-state index is 11.5. The van der Waals surface area contributed by atoms with Crippen LogP contribution in [-0.2, 0) is 14.6 Å². The van der Waals surface area contributed by atoms with E-state index in [1.807, 2.05) is 0 Å². The van der Waals surface area contributed by atoms with Gasteiger partial charge in [0.25, 0.3) is 0 Å². The number of nitrogens with two attached hydrogens (primary N) is 1. The number of nitrogens with zero attached hydrogens (tertiary/aromatic N) is 1. The summed E-state index contributed by atoms with van der Waals surface area (Å²) in [4.78, 5) is 14.5. The van der Waals surface area contributed by atoms with E-state index in [4.69, 9.17) is 5.73 Å². The van der Waals surface area contributed by atoms with Crippen LogP contribution in [0.5, 0.6) is 0 Å². The predicted molar refractivity (Wildman–Crippen MR) is 59.2 cm³/mol. The van der Waals surface area contributed by atoms with Gasteiger partial charge in [-0.15, -0.1) is 0 Å². The minimum absolute atomic E-state index is 0.0218. The fraction of sp³-hybridized carbons (Fsp3) is 0.300. The van der Waals surface area contributed by atoms with Gasteiger partial charge in [-0.2, -0.15) is 0 Å². The molecule has 0 atom stereocenters. The molecule has 87 valence electrons. The van der Waals surface area contributed by atoms with Crippen LogP contribution in [0.2, 0.25) is 0 Å². The number of aromatic nitrogens is 1. The maximum atomic E-state index is 11.5. The van der Waals surface area contributed by atoms with Crippen LogP contribution in [-0.4, -0.2) is 25.1 Å². The Bertz CT molecular complexity index is 483. The van der Waals surface area contributed by atoms with Crippen molar-refractivity contribution in [1.82, 2.24) is 4.98 Å². The number of hydrogen-bond donors (Lipinski definition) is 1. The van der Waals surface area contributed by atoms with Crippen LogP contribution < -0.4 is 5.73 Å². The third-order valence-electron chi connectivity index (χ3n) is 2.01. The highest BCUT2D eigenvalue weighted by Crippen LogP contribution is 2.13. The second-order valence-electron chi connectivity index (χ2n) is 3.23. The Morgan fingerprint density at radius 1 is 1.50 bits per heavy atom. The summed E-state index contributed by atoms with van der Waals surface area (Å²) in [6.07, 6.45) is 4.39. The molecule has 0 saturated heterocycles. The fourth-order valence-electron chi connectivity index (χ4n) is 1.10. The smallest absolute Gasteiger partial charge is 0.218 e. The summed E-state index contributed by atoms with van der Waals surface area (Å²) >= 11 is 0. The molecule has 5 nitrogen and oxygen atoms in total. The van der Waals surface area contributed by atoms with Gasteiger partial charge in [0.1, 0.15) is 0 Å². The van der Waals surface area contributed by atoms with Crippen molar-refractivity contribution in [1.29, 1.82) is 0 Å². The summed E-state index contributed by atoms with van der Waals surface area (Å²) in [6.45, 7) is 1.56. The monoisotopic (exact) mass is 241 g/mol. The zero-order chi connectivity index (χ0) is 12.2. The molecule has 0 aromatic carbocycles. The average Bonchev–Trinajstić information content (AvgIpc) is 2.27. The third kappa shape index (κ3) is 3.30. The van der Waals surface area contributed by atoms with Gasteiger partial charge in [0.15, 0.2) is 9.84 Å². The van der Waals surface area contributed by atoms with Gasteiger partial charge >= 0.3 is 0 Å². The molecular formula is C10H13N2O3S. The lowest BCUT2D eigenvalue weighted by molar-refractivity contribution is -0.117. The molecule has 6 heteroatoms. The van der Waals surface area contributed by atoms with E-state index in [2.05, 4.69) is 4.98 Å². The van der Waals surface area contributed by atoms with Crippen LogP contribution in [0.25, 0.3) is 0 Å². The van der Waals surface area contributed by atoms with E-state index in [0.29, 0.717) is 5.56 Å². The highest BCUT2D eigenvalue weighted by Gasteiger charge is 2.12. The number of hydrogen-bond acceptors (Lipinski definition) is 4. The lowest BCUT2D eigenvalue weighted by Gasteiger charge is -2.03. The molecule has 2 N–H and O–H groups in total. The van der Waals surface area contributed by atoms with Gasteiger partial charge in [-0.25, -0.2) is 8.42 Å². The largest absolute Gasteiger partial charge is 0.370 e. The van der Waals surface area contributed by atoms with Crippen molar-refractivity contribution >= 4 is 15.7 Å². The Morgan fingerprint density at radius 2 is 2.19 bits per heavy atom. The molecule has 16 heavy (non-hydrogen) atoms. The minimum Gasteiger partial charge on any atom is -0.370 e. The van der Waals surface area contributed by atoms with Crippen molar-refractivity contribution < 1.29 is 13.2 Å². The van der Waals surface area contributed by atoms with Crippen LogP contribution in [0.1, 0.15) is 18.9 Å². The molecule has 0 aliphatic rings. The molecule has 1 amide bonds. The first-order chi connectivity index (χ1) is 7.45. The van der Waals surface area contributed by atoms with E-state index in [0.717, 1.165) is 0 Å². The van der Waals surface area contributed by atoms with E-state index in [-0.39, 0.29) is 17.1 Å². The molecule has 0 saturated carbocycles. The second-order valence-corrected chi connectivity index (χ2v) is 5.51. The standard InChI is InChI=1S/C10H13N2O3S/c1-2-16(14,15)9-5-8(6-12-7-9)3-4-10(11)13/h3,5-7H,2,4H2,1H3,(H2,11,13). The van der Waals surface area contributed by atoms with Crippen molar-refractivity contribution in [2.24, 2.45) is 5.73 Å². The molecule has 1 radical (unpaired) electrons. The number of rotatable bonds is 5. The Labute approximate surface area is 94.6 Å². The summed E-state index contributed by atoms with van der Waals surface area (Å²) in [5, 5.41) is 0. The van der Waals surface area contributed by atoms with Crippen molar-refractivity contribution in [3.8, 4) is 0 Å². The predicted octanol–water partition coefficient (Wildman–Crippen LogP) is 0.303. The van der Waals surface area contributed by atoms with Crippen LogP contribution >= 0.6 is 0 Å². The van der Waals surface area contributed by atoms with Gasteiger partial charge < -0.3 is 5.73 Å². The Hall–Kier alpha value is -1.43. The fourth-order valence-corrected chi connectivity index (χ4v) is 1.97. The molecule has 1 aromatic heterocycles. The number of carbonyl (C=O) groups is 1. The van der Waals surface area contributed by atoms with Gasteiger partial charge in [0.05, 0.1) is 10.6 Å². The molecule has 0 aliphatic carbocycles. The number of amides is 1. The summed E-state index contributed by atoms with van der Waals surface area (Å²) in [5.41, 5.74) is 5.56. The molecule has 0 unspecified atom stereocenters. The van der Waals surface area contributed by atoms with Crippen LogP contribution in [0.4, 0.5) is 0 Å². The average molecular weight is 241 g/mol. The number of sulfone groups is 1. The van der Waals surface area contributed by atoms with Gasteiger partial charge in [0.2, 0.25) is 5.91 Å².